The lowest BCUT2D eigenvalue weighted by molar-refractivity contribution is -0.131. The second kappa shape index (κ2) is 5.85. The van der Waals surface area contributed by atoms with E-state index in [2.05, 4.69) is 0 Å². The molecule has 0 aliphatic heterocycles. The van der Waals surface area contributed by atoms with Gasteiger partial charge in [-0.3, -0.25) is 9.59 Å². The van der Waals surface area contributed by atoms with E-state index in [1.54, 1.807) is 0 Å². The van der Waals surface area contributed by atoms with Gasteiger partial charge in [0.25, 0.3) is 5.78 Å². The van der Waals surface area contributed by atoms with Crippen LogP contribution in [0.3, 0.4) is 0 Å². The summed E-state index contributed by atoms with van der Waals surface area (Å²) in [5.74, 6) is -2.92. The van der Waals surface area contributed by atoms with Crippen molar-refractivity contribution in [2.24, 2.45) is 0 Å². The molecule has 0 fully saturated rings. The topological polar surface area (TPSA) is 99.1 Å². The molecule has 1 rings (SSSR count). The molecule has 19 heavy (non-hydrogen) atoms. The summed E-state index contributed by atoms with van der Waals surface area (Å²) >= 11 is 0. The molecule has 0 saturated heterocycles. The third-order valence-corrected chi connectivity index (χ3v) is 2.41. The first kappa shape index (κ1) is 14.5. The number of hydrogen-bond acceptors (Lipinski definition) is 6. The SMILES string of the molecule is COc1cc(C=O)c(C(=O)C(=O)O)c(OC)c1OC. The van der Waals surface area contributed by atoms with Gasteiger partial charge in [0.2, 0.25) is 5.75 Å². The van der Waals surface area contributed by atoms with E-state index in [9.17, 15) is 14.4 Å². The zero-order valence-electron chi connectivity index (χ0n) is 10.6. The average molecular weight is 268 g/mol. The van der Waals surface area contributed by atoms with Crippen molar-refractivity contribution in [3.8, 4) is 17.2 Å². The van der Waals surface area contributed by atoms with Gasteiger partial charge in [0.1, 0.15) is 0 Å². The lowest BCUT2D eigenvalue weighted by Crippen LogP contribution is -2.17. The molecule has 0 amide bonds. The maximum atomic E-state index is 11.6. The number of hydrogen-bond donors (Lipinski definition) is 1. The van der Waals surface area contributed by atoms with Crippen LogP contribution >= 0.6 is 0 Å². The van der Waals surface area contributed by atoms with Gasteiger partial charge in [-0.25, -0.2) is 4.79 Å². The third kappa shape index (κ3) is 2.49. The van der Waals surface area contributed by atoms with E-state index >= 15 is 0 Å². The summed E-state index contributed by atoms with van der Waals surface area (Å²) in [6.45, 7) is 0. The van der Waals surface area contributed by atoms with Crippen molar-refractivity contribution in [3.05, 3.63) is 17.2 Å². The number of ether oxygens (including phenoxy) is 3. The smallest absolute Gasteiger partial charge is 0.377 e. The second-order valence-electron chi connectivity index (χ2n) is 3.36. The molecule has 0 spiro atoms. The zero-order valence-corrected chi connectivity index (χ0v) is 10.6. The van der Waals surface area contributed by atoms with Crippen LogP contribution in [0, 0.1) is 0 Å². The maximum absolute atomic E-state index is 11.6. The molecule has 0 aromatic heterocycles. The Morgan fingerprint density at radius 2 is 1.68 bits per heavy atom. The summed E-state index contributed by atoms with van der Waals surface area (Å²) in [4.78, 5) is 33.4. The molecule has 1 aromatic carbocycles. The summed E-state index contributed by atoms with van der Waals surface area (Å²) in [5, 5.41) is 8.77. The highest BCUT2D eigenvalue weighted by Crippen LogP contribution is 2.41. The number of carbonyl (C=O) groups is 3. The average Bonchev–Trinajstić information content (AvgIpc) is 2.43. The third-order valence-electron chi connectivity index (χ3n) is 2.41. The minimum absolute atomic E-state index is 0.0419. The van der Waals surface area contributed by atoms with Crippen LogP contribution in [-0.2, 0) is 4.79 Å². The van der Waals surface area contributed by atoms with Crippen molar-refractivity contribution in [1.29, 1.82) is 0 Å². The van der Waals surface area contributed by atoms with Gasteiger partial charge in [-0.15, -0.1) is 0 Å². The number of aliphatic carboxylic acids is 1. The van der Waals surface area contributed by atoms with Crippen molar-refractivity contribution < 1.29 is 33.7 Å². The van der Waals surface area contributed by atoms with E-state index in [0.717, 1.165) is 0 Å². The first-order chi connectivity index (χ1) is 9.01. The zero-order chi connectivity index (χ0) is 14.6. The number of carbonyl (C=O) groups excluding carboxylic acids is 2. The lowest BCUT2D eigenvalue weighted by Gasteiger charge is -2.16. The first-order valence-electron chi connectivity index (χ1n) is 5.07. The van der Waals surface area contributed by atoms with E-state index in [4.69, 9.17) is 19.3 Å². The van der Waals surface area contributed by atoms with Gasteiger partial charge in [0.15, 0.2) is 17.8 Å². The highest BCUT2D eigenvalue weighted by molar-refractivity contribution is 6.41. The van der Waals surface area contributed by atoms with Crippen molar-refractivity contribution in [1.82, 2.24) is 0 Å². The van der Waals surface area contributed by atoms with Crippen molar-refractivity contribution in [2.45, 2.75) is 0 Å². The molecule has 7 nitrogen and oxygen atoms in total. The predicted octanol–water partition coefficient (Wildman–Crippen LogP) is 0.792. The van der Waals surface area contributed by atoms with E-state index in [1.165, 1.54) is 27.4 Å². The number of ketones is 1. The summed E-state index contributed by atoms with van der Waals surface area (Å²) in [6, 6.07) is 1.21. The minimum atomic E-state index is -1.70. The van der Waals surface area contributed by atoms with Gasteiger partial charge in [0.05, 0.1) is 26.9 Å². The standard InChI is InChI=1S/C12H12O7/c1-17-7-4-6(5-13)8(9(14)12(15)16)11(19-3)10(7)18-2/h4-5H,1-3H3,(H,15,16). The molecule has 0 atom stereocenters. The normalized spacial score (nSPS) is 9.63. The Labute approximate surface area is 108 Å². The van der Waals surface area contributed by atoms with Crippen molar-refractivity contribution in [2.75, 3.05) is 21.3 Å². The number of carboxylic acid groups (broad SMARTS) is 1. The molecule has 0 aliphatic carbocycles. The highest BCUT2D eigenvalue weighted by atomic mass is 16.5. The van der Waals surface area contributed by atoms with Gasteiger partial charge in [0, 0.05) is 5.56 Å². The van der Waals surface area contributed by atoms with Crippen LogP contribution < -0.4 is 14.2 Å². The van der Waals surface area contributed by atoms with Gasteiger partial charge < -0.3 is 19.3 Å². The molecular formula is C12H12O7. The molecule has 1 N–H and O–H groups in total. The Morgan fingerprint density at radius 1 is 1.11 bits per heavy atom. The van der Waals surface area contributed by atoms with Crippen LogP contribution in [0.5, 0.6) is 17.2 Å². The summed E-state index contributed by atoms with van der Waals surface area (Å²) < 4.78 is 15.0. The summed E-state index contributed by atoms with van der Waals surface area (Å²) in [6.07, 6.45) is 0.348. The molecule has 0 saturated carbocycles. The molecule has 7 heteroatoms. The maximum Gasteiger partial charge on any atom is 0.377 e. The molecule has 0 heterocycles. The summed E-state index contributed by atoms with van der Waals surface area (Å²) in [5.41, 5.74) is -0.524. The van der Waals surface area contributed by atoms with Gasteiger partial charge in [-0.1, -0.05) is 0 Å². The predicted molar refractivity (Wildman–Crippen MR) is 63.5 cm³/mol. The first-order valence-corrected chi connectivity index (χ1v) is 5.07. The minimum Gasteiger partial charge on any atom is -0.493 e. The fourth-order valence-electron chi connectivity index (χ4n) is 1.61. The van der Waals surface area contributed by atoms with Crippen LogP contribution in [0.2, 0.25) is 0 Å². The number of aldehydes is 1. The van der Waals surface area contributed by atoms with Crippen LogP contribution in [-0.4, -0.2) is 44.5 Å². The fraction of sp³-hybridized carbons (Fsp3) is 0.250. The quantitative estimate of drug-likeness (QED) is 0.462. The fourth-order valence-corrected chi connectivity index (χ4v) is 1.61. The number of benzene rings is 1. The molecule has 0 radical (unpaired) electrons. The number of Topliss-reactive ketones (excluding diaryl/α,β-unsaturated/α-hetero) is 1. The molecule has 0 bridgehead atoms. The molecule has 1 aromatic rings. The molecule has 0 aliphatic rings. The van der Waals surface area contributed by atoms with Crippen LogP contribution in [0.1, 0.15) is 20.7 Å². The molecule has 102 valence electrons. The van der Waals surface area contributed by atoms with Gasteiger partial charge in [-0.2, -0.15) is 0 Å². The molecule has 0 unspecified atom stereocenters. The van der Waals surface area contributed by atoms with Crippen molar-refractivity contribution in [3.63, 3.8) is 0 Å². The largest absolute Gasteiger partial charge is 0.493 e. The van der Waals surface area contributed by atoms with E-state index in [0.29, 0.717) is 6.29 Å². The van der Waals surface area contributed by atoms with E-state index < -0.39 is 11.8 Å². The van der Waals surface area contributed by atoms with Gasteiger partial charge >= 0.3 is 5.97 Å². The van der Waals surface area contributed by atoms with Crippen LogP contribution in [0.25, 0.3) is 0 Å². The number of methoxy groups -OCH3 is 3. The number of rotatable bonds is 6. The van der Waals surface area contributed by atoms with Gasteiger partial charge in [-0.05, 0) is 6.07 Å². The Bertz CT molecular complexity index is 533. The number of carboxylic acids is 1. The Balaban J connectivity index is 3.72. The van der Waals surface area contributed by atoms with E-state index in [1.807, 2.05) is 0 Å². The second-order valence-corrected chi connectivity index (χ2v) is 3.36. The summed E-state index contributed by atoms with van der Waals surface area (Å²) in [7, 11) is 3.87. The Hall–Kier alpha value is -2.57. The Morgan fingerprint density at radius 3 is 2.05 bits per heavy atom. The molecular weight excluding hydrogens is 256 g/mol. The Kier molecular flexibility index (Phi) is 4.46. The highest BCUT2D eigenvalue weighted by Gasteiger charge is 2.28. The van der Waals surface area contributed by atoms with Crippen LogP contribution in [0.15, 0.2) is 6.07 Å². The van der Waals surface area contributed by atoms with Crippen molar-refractivity contribution >= 4 is 18.0 Å². The monoisotopic (exact) mass is 268 g/mol. The lowest BCUT2D eigenvalue weighted by atomic mass is 10.0. The van der Waals surface area contributed by atoms with E-state index in [-0.39, 0.29) is 28.4 Å². The van der Waals surface area contributed by atoms with Crippen LogP contribution in [0.4, 0.5) is 0 Å².